The van der Waals surface area contributed by atoms with Crippen LogP contribution < -0.4 is 11.1 Å². The van der Waals surface area contributed by atoms with Crippen LogP contribution in [0.3, 0.4) is 0 Å². The van der Waals surface area contributed by atoms with E-state index in [1.807, 2.05) is 6.92 Å². The van der Waals surface area contributed by atoms with Crippen LogP contribution in [0.1, 0.15) is 31.4 Å². The summed E-state index contributed by atoms with van der Waals surface area (Å²) in [6.45, 7) is 1.84. The van der Waals surface area contributed by atoms with Crippen molar-refractivity contribution in [2.45, 2.75) is 13.1 Å². The maximum atomic E-state index is 13.7. The van der Waals surface area contributed by atoms with Crippen molar-refractivity contribution in [1.29, 1.82) is 0 Å². The van der Waals surface area contributed by atoms with Crippen LogP contribution in [0.2, 0.25) is 0 Å². The van der Waals surface area contributed by atoms with E-state index in [4.69, 9.17) is 5.73 Å². The maximum Gasteiger partial charge on any atom is 0.433 e. The third-order valence-corrected chi connectivity index (χ3v) is 7.16. The number of rotatable bonds is 4. The first-order valence-electron chi connectivity index (χ1n) is 10.3. The second-order valence-electron chi connectivity index (χ2n) is 7.77. The third kappa shape index (κ3) is 4.09. The molecule has 0 aliphatic rings. The molecule has 5 rings (SSSR count). The smallest absolute Gasteiger partial charge is 0.365 e. The predicted molar refractivity (Wildman–Crippen MR) is 132 cm³/mol. The largest absolute Gasteiger partial charge is 0.433 e. The van der Waals surface area contributed by atoms with Gasteiger partial charge in [-0.3, -0.25) is 9.59 Å². The van der Waals surface area contributed by atoms with E-state index in [2.05, 4.69) is 36.3 Å². The molecule has 0 saturated heterocycles. The maximum absolute atomic E-state index is 13.7. The zero-order chi connectivity index (χ0) is 25.8. The van der Waals surface area contributed by atoms with Gasteiger partial charge in [0.15, 0.2) is 11.3 Å². The fourth-order valence-corrected chi connectivity index (χ4v) is 5.22. The molecule has 0 radical (unpaired) electrons. The van der Waals surface area contributed by atoms with Crippen LogP contribution in [0, 0.1) is 6.92 Å². The van der Waals surface area contributed by atoms with Crippen molar-refractivity contribution in [2.24, 2.45) is 5.73 Å². The average molecular weight is 575 g/mol. The second-order valence-corrected chi connectivity index (χ2v) is 9.57. The van der Waals surface area contributed by atoms with Crippen LogP contribution in [-0.4, -0.2) is 31.4 Å². The standard InChI is InChI=1S/C23H14BrF3N6O2S/c1-10-3-5-11(6-4-10)12-9-13(23(25,26)27)30-22-14(12)16(18(36-22)19(28)34)31-21(35)17-15(24)20-29-7-2-8-33(20)32-17/h2-9H,1H3,(H2,28,34)(H,31,35). The molecule has 182 valence electrons. The van der Waals surface area contributed by atoms with Gasteiger partial charge in [-0.2, -0.15) is 18.3 Å². The quantitative estimate of drug-likeness (QED) is 0.296. The molecule has 5 aromatic rings. The lowest BCUT2D eigenvalue weighted by Gasteiger charge is -2.12. The fraction of sp³-hybridized carbons (Fsp3) is 0.0870. The Labute approximate surface area is 213 Å². The molecule has 3 N–H and O–H groups in total. The number of aryl methyl sites for hydroxylation is 1. The van der Waals surface area contributed by atoms with Gasteiger partial charge < -0.3 is 11.1 Å². The summed E-state index contributed by atoms with van der Waals surface area (Å²) in [6, 6.07) is 9.32. The molecule has 4 heterocycles. The summed E-state index contributed by atoms with van der Waals surface area (Å²) in [5, 5.41) is 6.99. The molecule has 0 aliphatic heterocycles. The minimum atomic E-state index is -4.73. The number of alkyl halides is 3. The van der Waals surface area contributed by atoms with Gasteiger partial charge in [-0.1, -0.05) is 29.8 Å². The first-order valence-corrected chi connectivity index (χ1v) is 11.9. The van der Waals surface area contributed by atoms with E-state index in [-0.39, 0.29) is 32.0 Å². The first-order chi connectivity index (χ1) is 17.0. The Hall–Kier alpha value is -3.84. The number of nitrogens with two attached hydrogens (primary N) is 1. The molecule has 0 fully saturated rings. The number of aromatic nitrogens is 4. The molecule has 0 unspecified atom stereocenters. The molecule has 0 spiro atoms. The number of fused-ring (bicyclic) bond motifs is 2. The van der Waals surface area contributed by atoms with Crippen molar-refractivity contribution in [2.75, 3.05) is 5.32 Å². The Kier molecular flexibility index (Phi) is 5.75. The van der Waals surface area contributed by atoms with Gasteiger partial charge in [0.25, 0.3) is 11.8 Å². The third-order valence-electron chi connectivity index (χ3n) is 5.33. The molecule has 2 amide bonds. The van der Waals surface area contributed by atoms with Gasteiger partial charge >= 0.3 is 6.18 Å². The molecule has 36 heavy (non-hydrogen) atoms. The highest BCUT2D eigenvalue weighted by molar-refractivity contribution is 9.10. The van der Waals surface area contributed by atoms with Gasteiger partial charge in [-0.05, 0) is 46.1 Å². The number of nitrogens with zero attached hydrogens (tertiary/aromatic N) is 4. The number of nitrogens with one attached hydrogen (secondary N) is 1. The number of primary amides is 1. The molecular weight excluding hydrogens is 561 g/mol. The minimum absolute atomic E-state index is 0.0405. The van der Waals surface area contributed by atoms with E-state index in [9.17, 15) is 22.8 Å². The summed E-state index contributed by atoms with van der Waals surface area (Å²) in [5.41, 5.74) is 6.21. The van der Waals surface area contributed by atoms with Gasteiger partial charge in [0.2, 0.25) is 0 Å². The number of halogens is 4. The molecule has 0 saturated carbocycles. The fourth-order valence-electron chi connectivity index (χ4n) is 3.67. The molecule has 8 nitrogen and oxygen atoms in total. The molecule has 0 aliphatic carbocycles. The SMILES string of the molecule is Cc1ccc(-c2cc(C(F)(F)F)nc3sc(C(N)=O)c(NC(=O)c4nn5cccnc5c4Br)c23)cc1. The average Bonchev–Trinajstić information content (AvgIpc) is 3.37. The molecule has 13 heteroatoms. The van der Waals surface area contributed by atoms with E-state index in [0.29, 0.717) is 27.0 Å². The Morgan fingerprint density at radius 2 is 1.92 bits per heavy atom. The van der Waals surface area contributed by atoms with Gasteiger partial charge in [0, 0.05) is 17.8 Å². The van der Waals surface area contributed by atoms with Gasteiger partial charge in [0.05, 0.1) is 10.2 Å². The van der Waals surface area contributed by atoms with Crippen LogP contribution in [0.25, 0.3) is 27.0 Å². The number of benzene rings is 1. The van der Waals surface area contributed by atoms with Gasteiger partial charge in [-0.15, -0.1) is 11.3 Å². The summed E-state index contributed by atoms with van der Waals surface area (Å²) in [5.74, 6) is -1.64. The Morgan fingerprint density at radius 3 is 2.56 bits per heavy atom. The number of anilines is 1. The lowest BCUT2D eigenvalue weighted by molar-refractivity contribution is -0.140. The topological polar surface area (TPSA) is 115 Å². The zero-order valence-corrected chi connectivity index (χ0v) is 20.6. The van der Waals surface area contributed by atoms with Crippen molar-refractivity contribution in [1.82, 2.24) is 19.6 Å². The highest BCUT2D eigenvalue weighted by Crippen LogP contribution is 2.44. The number of thiophene rings is 1. The summed E-state index contributed by atoms with van der Waals surface area (Å²) < 4.78 is 42.7. The molecular formula is C23H14BrF3N6O2S. The van der Waals surface area contributed by atoms with Crippen molar-refractivity contribution < 1.29 is 22.8 Å². The van der Waals surface area contributed by atoms with Crippen LogP contribution >= 0.6 is 27.3 Å². The van der Waals surface area contributed by atoms with E-state index in [0.717, 1.165) is 11.6 Å². The lowest BCUT2D eigenvalue weighted by Crippen LogP contribution is -2.17. The van der Waals surface area contributed by atoms with E-state index in [1.165, 1.54) is 10.7 Å². The summed E-state index contributed by atoms with van der Waals surface area (Å²) >= 11 is 3.98. The predicted octanol–water partition coefficient (Wildman–Crippen LogP) is 5.45. The highest BCUT2D eigenvalue weighted by atomic mass is 79.9. The van der Waals surface area contributed by atoms with E-state index in [1.54, 1.807) is 36.5 Å². The molecule has 0 bridgehead atoms. The summed E-state index contributed by atoms with van der Waals surface area (Å²) in [7, 11) is 0. The number of pyridine rings is 1. The number of hydrogen-bond acceptors (Lipinski definition) is 6. The van der Waals surface area contributed by atoms with Crippen molar-refractivity contribution in [3.05, 3.63) is 75.1 Å². The Morgan fingerprint density at radius 1 is 1.19 bits per heavy atom. The monoisotopic (exact) mass is 574 g/mol. The molecule has 0 atom stereocenters. The van der Waals surface area contributed by atoms with Crippen molar-refractivity contribution >= 4 is 60.6 Å². The number of carbonyl (C=O) groups excluding carboxylic acids is 2. The minimum Gasteiger partial charge on any atom is -0.365 e. The van der Waals surface area contributed by atoms with Crippen molar-refractivity contribution in [3.63, 3.8) is 0 Å². The van der Waals surface area contributed by atoms with Crippen molar-refractivity contribution in [3.8, 4) is 11.1 Å². The van der Waals surface area contributed by atoms with Crippen LogP contribution in [0.4, 0.5) is 18.9 Å². The van der Waals surface area contributed by atoms with E-state index < -0.39 is 23.7 Å². The summed E-state index contributed by atoms with van der Waals surface area (Å²) in [6.07, 6.45) is -1.61. The highest BCUT2D eigenvalue weighted by Gasteiger charge is 2.35. The number of hydrogen-bond donors (Lipinski definition) is 2. The number of amides is 2. The lowest BCUT2D eigenvalue weighted by atomic mass is 10.00. The first kappa shape index (κ1) is 23.9. The second kappa shape index (κ2) is 8.68. The normalized spacial score (nSPS) is 11.8. The van der Waals surface area contributed by atoms with Crippen LogP contribution in [0.5, 0.6) is 0 Å². The zero-order valence-electron chi connectivity index (χ0n) is 18.2. The number of carbonyl (C=O) groups is 2. The van der Waals surface area contributed by atoms with Gasteiger partial charge in [0.1, 0.15) is 15.4 Å². The Balaban J connectivity index is 1.74. The van der Waals surface area contributed by atoms with Crippen LogP contribution in [-0.2, 0) is 6.18 Å². The van der Waals surface area contributed by atoms with E-state index >= 15 is 0 Å². The summed E-state index contributed by atoms with van der Waals surface area (Å²) in [4.78, 5) is 33.2. The Bertz CT molecular complexity index is 1680. The molecule has 4 aromatic heterocycles. The van der Waals surface area contributed by atoms with Gasteiger partial charge in [-0.25, -0.2) is 14.5 Å². The van der Waals surface area contributed by atoms with Crippen LogP contribution in [0.15, 0.2) is 53.3 Å². The molecule has 1 aromatic carbocycles.